The number of nitrogens with two attached hydrogens (primary N) is 1. The van der Waals surface area contributed by atoms with E-state index in [-0.39, 0.29) is 11.9 Å². The molecule has 2 N–H and O–H groups in total. The number of halogens is 2. The van der Waals surface area contributed by atoms with Crippen LogP contribution < -0.4 is 10.5 Å². The first kappa shape index (κ1) is 12.9. The Morgan fingerprint density at radius 2 is 1.89 bits per heavy atom. The van der Waals surface area contributed by atoms with Crippen molar-refractivity contribution in [3.63, 3.8) is 0 Å². The smallest absolute Gasteiger partial charge is 0.146 e. The van der Waals surface area contributed by atoms with Gasteiger partial charge in [0, 0.05) is 11.6 Å². The molecule has 0 aliphatic carbocycles. The molecule has 2 nitrogen and oxygen atoms in total. The minimum atomic E-state index is -0.339. The Bertz CT molecular complexity index is 557. The van der Waals surface area contributed by atoms with E-state index in [0.717, 1.165) is 0 Å². The van der Waals surface area contributed by atoms with Crippen LogP contribution in [0.1, 0.15) is 18.5 Å². The fraction of sp³-hybridized carbons (Fsp3) is 0.143. The van der Waals surface area contributed by atoms with Gasteiger partial charge in [0.2, 0.25) is 0 Å². The molecule has 0 aliphatic heterocycles. The number of hydrogen-bond acceptors (Lipinski definition) is 2. The molecule has 0 fully saturated rings. The van der Waals surface area contributed by atoms with Crippen LogP contribution in [-0.2, 0) is 0 Å². The van der Waals surface area contributed by atoms with E-state index in [4.69, 9.17) is 22.1 Å². The standard InChI is InChI=1S/C14H13ClFNO/c1-9(17)11-8-10(16)6-7-13(11)18-14-5-3-2-4-12(14)15/h2-9H,17H2,1H3/t9-/m1/s1. The summed E-state index contributed by atoms with van der Waals surface area (Å²) in [6.07, 6.45) is 0. The molecule has 0 spiro atoms. The summed E-state index contributed by atoms with van der Waals surface area (Å²) in [6, 6.07) is 11.0. The maximum absolute atomic E-state index is 13.2. The fourth-order valence-electron chi connectivity index (χ4n) is 1.61. The van der Waals surface area contributed by atoms with Gasteiger partial charge in [0.25, 0.3) is 0 Å². The van der Waals surface area contributed by atoms with E-state index >= 15 is 0 Å². The zero-order valence-corrected chi connectivity index (χ0v) is 10.6. The topological polar surface area (TPSA) is 35.2 Å². The number of ether oxygens (including phenoxy) is 1. The van der Waals surface area contributed by atoms with E-state index in [1.54, 1.807) is 25.1 Å². The molecule has 2 aromatic carbocycles. The molecule has 0 saturated carbocycles. The third-order valence-electron chi connectivity index (χ3n) is 2.52. The second-order valence-electron chi connectivity index (χ2n) is 4.00. The van der Waals surface area contributed by atoms with Crippen molar-refractivity contribution in [3.05, 3.63) is 58.9 Å². The molecule has 0 radical (unpaired) electrons. The first-order valence-corrected chi connectivity index (χ1v) is 5.93. The minimum absolute atomic E-state index is 0.321. The van der Waals surface area contributed by atoms with Crippen molar-refractivity contribution in [2.75, 3.05) is 0 Å². The zero-order chi connectivity index (χ0) is 13.1. The molecule has 0 aromatic heterocycles. The molecule has 0 aliphatic rings. The third kappa shape index (κ3) is 2.81. The van der Waals surface area contributed by atoms with Gasteiger partial charge in [0.15, 0.2) is 0 Å². The van der Waals surface area contributed by atoms with Crippen LogP contribution in [0, 0.1) is 5.82 Å². The summed E-state index contributed by atoms with van der Waals surface area (Å²) in [5, 5.41) is 0.498. The molecule has 2 aromatic rings. The van der Waals surface area contributed by atoms with E-state index in [2.05, 4.69) is 0 Å². The van der Waals surface area contributed by atoms with E-state index in [1.807, 2.05) is 12.1 Å². The van der Waals surface area contributed by atoms with Crippen molar-refractivity contribution in [3.8, 4) is 11.5 Å². The van der Waals surface area contributed by atoms with E-state index in [1.165, 1.54) is 12.1 Å². The number of hydrogen-bond donors (Lipinski definition) is 1. The van der Waals surface area contributed by atoms with Crippen molar-refractivity contribution in [1.29, 1.82) is 0 Å². The van der Waals surface area contributed by atoms with Crippen LogP contribution >= 0.6 is 11.6 Å². The van der Waals surface area contributed by atoms with Crippen LogP contribution in [0.2, 0.25) is 5.02 Å². The molecule has 0 amide bonds. The van der Waals surface area contributed by atoms with Crippen molar-refractivity contribution in [2.45, 2.75) is 13.0 Å². The summed E-state index contributed by atoms with van der Waals surface area (Å²) in [5.74, 6) is 0.695. The molecular formula is C14H13ClFNO. The molecule has 0 unspecified atom stereocenters. The molecule has 0 heterocycles. The van der Waals surface area contributed by atoms with Gasteiger partial charge in [-0.25, -0.2) is 4.39 Å². The average molecular weight is 266 g/mol. The van der Waals surface area contributed by atoms with Gasteiger partial charge in [-0.05, 0) is 37.3 Å². The Morgan fingerprint density at radius 3 is 2.56 bits per heavy atom. The van der Waals surface area contributed by atoms with Gasteiger partial charge in [-0.1, -0.05) is 23.7 Å². The van der Waals surface area contributed by atoms with Gasteiger partial charge in [-0.2, -0.15) is 0 Å². The monoisotopic (exact) mass is 265 g/mol. The van der Waals surface area contributed by atoms with E-state index in [9.17, 15) is 4.39 Å². The van der Waals surface area contributed by atoms with Gasteiger partial charge < -0.3 is 10.5 Å². The van der Waals surface area contributed by atoms with Gasteiger partial charge in [-0.15, -0.1) is 0 Å². The fourth-order valence-corrected chi connectivity index (χ4v) is 1.79. The van der Waals surface area contributed by atoms with Crippen LogP contribution in [0.15, 0.2) is 42.5 Å². The number of benzene rings is 2. The average Bonchev–Trinajstić information content (AvgIpc) is 2.34. The Kier molecular flexibility index (Phi) is 3.84. The number of para-hydroxylation sites is 1. The predicted molar refractivity (Wildman–Crippen MR) is 70.5 cm³/mol. The van der Waals surface area contributed by atoms with E-state index < -0.39 is 0 Å². The van der Waals surface area contributed by atoms with Crippen molar-refractivity contribution >= 4 is 11.6 Å². The Hall–Kier alpha value is -1.58. The predicted octanol–water partition coefficient (Wildman–Crippen LogP) is 4.29. The lowest BCUT2D eigenvalue weighted by Crippen LogP contribution is -2.07. The summed E-state index contributed by atoms with van der Waals surface area (Å²) >= 11 is 6.01. The summed E-state index contributed by atoms with van der Waals surface area (Å²) in [7, 11) is 0. The van der Waals surface area contributed by atoms with Crippen LogP contribution in [0.5, 0.6) is 11.5 Å². The zero-order valence-electron chi connectivity index (χ0n) is 9.86. The Labute approximate surface area is 110 Å². The molecule has 0 saturated heterocycles. The highest BCUT2D eigenvalue weighted by molar-refractivity contribution is 6.32. The largest absolute Gasteiger partial charge is 0.455 e. The highest BCUT2D eigenvalue weighted by atomic mass is 35.5. The van der Waals surface area contributed by atoms with Crippen LogP contribution in [0.25, 0.3) is 0 Å². The van der Waals surface area contributed by atoms with Gasteiger partial charge in [0.05, 0.1) is 5.02 Å². The highest BCUT2D eigenvalue weighted by Crippen LogP contribution is 2.33. The highest BCUT2D eigenvalue weighted by Gasteiger charge is 2.11. The Balaban J connectivity index is 2.37. The molecule has 1 atom stereocenters. The summed E-state index contributed by atoms with van der Waals surface area (Å²) < 4.78 is 18.9. The molecule has 0 bridgehead atoms. The lowest BCUT2D eigenvalue weighted by atomic mass is 10.1. The number of rotatable bonds is 3. The minimum Gasteiger partial charge on any atom is -0.455 e. The second kappa shape index (κ2) is 5.38. The van der Waals surface area contributed by atoms with E-state index in [0.29, 0.717) is 22.1 Å². The molecule has 18 heavy (non-hydrogen) atoms. The third-order valence-corrected chi connectivity index (χ3v) is 2.83. The van der Waals surface area contributed by atoms with Crippen molar-refractivity contribution < 1.29 is 9.13 Å². The maximum Gasteiger partial charge on any atom is 0.146 e. The summed E-state index contributed by atoms with van der Waals surface area (Å²) in [6.45, 7) is 1.77. The maximum atomic E-state index is 13.2. The SMILES string of the molecule is C[C@@H](N)c1cc(F)ccc1Oc1ccccc1Cl. The molecule has 4 heteroatoms. The molecular weight excluding hydrogens is 253 g/mol. The summed E-state index contributed by atoms with van der Waals surface area (Å²) in [4.78, 5) is 0. The first-order chi connectivity index (χ1) is 8.58. The quantitative estimate of drug-likeness (QED) is 0.898. The van der Waals surface area contributed by atoms with Crippen LogP contribution in [-0.4, -0.2) is 0 Å². The normalized spacial score (nSPS) is 12.2. The Morgan fingerprint density at radius 1 is 1.17 bits per heavy atom. The molecule has 94 valence electrons. The van der Waals surface area contributed by atoms with Crippen LogP contribution in [0.3, 0.4) is 0 Å². The summed E-state index contributed by atoms with van der Waals surface area (Å²) in [5.41, 5.74) is 6.40. The van der Waals surface area contributed by atoms with Crippen LogP contribution in [0.4, 0.5) is 4.39 Å². The van der Waals surface area contributed by atoms with Gasteiger partial charge >= 0.3 is 0 Å². The van der Waals surface area contributed by atoms with Crippen molar-refractivity contribution in [2.24, 2.45) is 5.73 Å². The lowest BCUT2D eigenvalue weighted by molar-refractivity contribution is 0.469. The van der Waals surface area contributed by atoms with Gasteiger partial charge in [0.1, 0.15) is 17.3 Å². The lowest BCUT2D eigenvalue weighted by Gasteiger charge is -2.14. The van der Waals surface area contributed by atoms with Crippen molar-refractivity contribution in [1.82, 2.24) is 0 Å². The first-order valence-electron chi connectivity index (χ1n) is 5.55. The second-order valence-corrected chi connectivity index (χ2v) is 4.41. The van der Waals surface area contributed by atoms with Gasteiger partial charge in [-0.3, -0.25) is 0 Å². The molecule has 2 rings (SSSR count).